The van der Waals surface area contributed by atoms with Gasteiger partial charge in [0.1, 0.15) is 6.33 Å². The average molecular weight is 190 g/mol. The van der Waals surface area contributed by atoms with E-state index in [0.717, 1.165) is 0 Å². The molecule has 1 heterocycles. The molecule has 0 aliphatic carbocycles. The van der Waals surface area contributed by atoms with Crippen molar-refractivity contribution in [2.75, 3.05) is 0 Å². The molecule has 0 bridgehead atoms. The van der Waals surface area contributed by atoms with Crippen molar-refractivity contribution in [3.05, 3.63) is 54.9 Å². The predicted octanol–water partition coefficient (Wildman–Crippen LogP) is 2.92. The van der Waals surface area contributed by atoms with Gasteiger partial charge in [0.25, 0.3) is 0 Å². The van der Waals surface area contributed by atoms with Gasteiger partial charge in [-0.1, -0.05) is 18.7 Å². The van der Waals surface area contributed by atoms with E-state index in [0.29, 0.717) is 11.3 Å². The molecule has 2 nitrogen and oxygen atoms in total. The lowest BCUT2D eigenvalue weighted by atomic mass is 10.1. The molecule has 0 saturated heterocycles. The molecule has 72 valence electrons. The molecule has 1 rings (SSSR count). The summed E-state index contributed by atoms with van der Waals surface area (Å²) in [6, 6.07) is 1.72. The highest BCUT2D eigenvalue weighted by Crippen LogP contribution is 2.14. The minimum absolute atomic E-state index is 0.267. The Morgan fingerprint density at radius 3 is 2.86 bits per heavy atom. The van der Waals surface area contributed by atoms with Crippen molar-refractivity contribution in [3.8, 4) is 0 Å². The van der Waals surface area contributed by atoms with Crippen molar-refractivity contribution in [2.45, 2.75) is 6.92 Å². The largest absolute Gasteiger partial charge is 0.245 e. The van der Waals surface area contributed by atoms with E-state index in [1.54, 1.807) is 24.4 Å². The molecule has 14 heavy (non-hydrogen) atoms. The smallest absolute Gasteiger partial charge is 0.116 e. The molecule has 3 heteroatoms. The van der Waals surface area contributed by atoms with E-state index in [4.69, 9.17) is 0 Å². The lowest BCUT2D eigenvalue weighted by Crippen LogP contribution is -1.87. The first kappa shape index (κ1) is 10.3. The maximum atomic E-state index is 12.7. The van der Waals surface area contributed by atoms with Crippen molar-refractivity contribution in [1.29, 1.82) is 0 Å². The second kappa shape index (κ2) is 5.07. The van der Waals surface area contributed by atoms with E-state index >= 15 is 0 Å². The van der Waals surface area contributed by atoms with Crippen LogP contribution in [-0.4, -0.2) is 9.97 Å². The summed E-state index contributed by atoms with van der Waals surface area (Å²) in [7, 11) is 0. The molecule has 0 aliphatic heterocycles. The highest BCUT2D eigenvalue weighted by Gasteiger charge is 1.98. The van der Waals surface area contributed by atoms with Gasteiger partial charge in [-0.3, -0.25) is 0 Å². The van der Waals surface area contributed by atoms with Crippen molar-refractivity contribution in [3.63, 3.8) is 0 Å². The quantitative estimate of drug-likeness (QED) is 0.685. The van der Waals surface area contributed by atoms with Crippen LogP contribution >= 0.6 is 0 Å². The van der Waals surface area contributed by atoms with Crippen LogP contribution in [0.15, 0.2) is 49.2 Å². The van der Waals surface area contributed by atoms with E-state index < -0.39 is 0 Å². The van der Waals surface area contributed by atoms with Crippen LogP contribution in [0.25, 0.3) is 5.57 Å². The summed E-state index contributed by atoms with van der Waals surface area (Å²) in [6.07, 6.45) is 7.74. The lowest BCUT2D eigenvalue weighted by Gasteiger charge is -1.99. The van der Waals surface area contributed by atoms with Crippen LogP contribution in [0.1, 0.15) is 12.6 Å². The first-order chi connectivity index (χ1) is 6.74. The van der Waals surface area contributed by atoms with Crippen LogP contribution in [0.2, 0.25) is 0 Å². The monoisotopic (exact) mass is 190 g/mol. The normalized spacial score (nSPS) is 12.7. The Kier molecular flexibility index (Phi) is 3.73. The Morgan fingerprint density at radius 2 is 2.36 bits per heavy atom. The van der Waals surface area contributed by atoms with Crippen molar-refractivity contribution in [2.24, 2.45) is 0 Å². The van der Waals surface area contributed by atoms with Gasteiger partial charge in [-0.15, -0.1) is 0 Å². The molecule has 0 N–H and O–H groups in total. The Hall–Kier alpha value is -1.77. The standard InChI is InChI=1S/C11H11FN2/c1-3-4-10(7-9(2)12)11-5-6-13-8-14-11/h3-8H,1H2,2H3/b9-7+,10-4+. The van der Waals surface area contributed by atoms with Gasteiger partial charge in [-0.2, -0.15) is 0 Å². The number of rotatable bonds is 3. The Balaban J connectivity index is 3.08. The number of aromatic nitrogens is 2. The molecule has 0 amide bonds. The number of nitrogens with zero attached hydrogens (tertiary/aromatic N) is 2. The summed E-state index contributed by atoms with van der Waals surface area (Å²) in [5.74, 6) is -0.267. The zero-order valence-electron chi connectivity index (χ0n) is 7.94. The van der Waals surface area contributed by atoms with E-state index in [1.165, 1.54) is 19.3 Å². The second-order valence-electron chi connectivity index (χ2n) is 2.68. The van der Waals surface area contributed by atoms with Crippen LogP contribution in [0, 0.1) is 0 Å². The van der Waals surface area contributed by atoms with Gasteiger partial charge in [0.2, 0.25) is 0 Å². The summed E-state index contributed by atoms with van der Waals surface area (Å²) in [4.78, 5) is 7.80. The summed E-state index contributed by atoms with van der Waals surface area (Å²) >= 11 is 0. The first-order valence-corrected chi connectivity index (χ1v) is 4.17. The third kappa shape index (κ3) is 2.94. The fourth-order valence-electron chi connectivity index (χ4n) is 1.01. The topological polar surface area (TPSA) is 25.8 Å². The fraction of sp³-hybridized carbons (Fsp3) is 0.0909. The van der Waals surface area contributed by atoms with Gasteiger partial charge in [-0.05, 0) is 19.1 Å². The van der Waals surface area contributed by atoms with Crippen molar-refractivity contribution in [1.82, 2.24) is 9.97 Å². The van der Waals surface area contributed by atoms with Gasteiger partial charge < -0.3 is 0 Å². The molecule has 0 aliphatic rings. The maximum absolute atomic E-state index is 12.7. The summed E-state index contributed by atoms with van der Waals surface area (Å²) in [6.45, 7) is 4.95. The van der Waals surface area contributed by atoms with E-state index in [-0.39, 0.29) is 5.83 Å². The van der Waals surface area contributed by atoms with E-state index in [1.807, 2.05) is 0 Å². The molecular formula is C11H11FN2. The Labute approximate surface area is 82.5 Å². The molecule has 0 unspecified atom stereocenters. The average Bonchev–Trinajstić information content (AvgIpc) is 2.18. The predicted molar refractivity (Wildman–Crippen MR) is 55.1 cm³/mol. The highest BCUT2D eigenvalue weighted by atomic mass is 19.1. The highest BCUT2D eigenvalue weighted by molar-refractivity contribution is 5.72. The molecule has 0 radical (unpaired) electrons. The Morgan fingerprint density at radius 1 is 1.57 bits per heavy atom. The summed E-state index contributed by atoms with van der Waals surface area (Å²) < 4.78 is 12.7. The van der Waals surface area contributed by atoms with Crippen molar-refractivity contribution >= 4 is 5.57 Å². The van der Waals surface area contributed by atoms with Gasteiger partial charge in [-0.25, -0.2) is 14.4 Å². The molecule has 0 spiro atoms. The number of halogens is 1. The zero-order chi connectivity index (χ0) is 10.4. The SMILES string of the molecule is C=C/C=C(\C=C(/C)F)c1ccncn1. The van der Waals surface area contributed by atoms with Gasteiger partial charge >= 0.3 is 0 Å². The molecule has 0 atom stereocenters. The Bertz CT molecular complexity index is 362. The van der Waals surface area contributed by atoms with Crippen LogP contribution in [-0.2, 0) is 0 Å². The zero-order valence-corrected chi connectivity index (χ0v) is 7.94. The van der Waals surface area contributed by atoms with Crippen LogP contribution in [0.5, 0.6) is 0 Å². The maximum Gasteiger partial charge on any atom is 0.116 e. The third-order valence-electron chi connectivity index (χ3n) is 1.53. The third-order valence-corrected chi connectivity index (χ3v) is 1.53. The van der Waals surface area contributed by atoms with Gasteiger partial charge in [0.05, 0.1) is 11.5 Å². The number of hydrogen-bond acceptors (Lipinski definition) is 2. The number of hydrogen-bond donors (Lipinski definition) is 0. The van der Waals surface area contributed by atoms with E-state index in [2.05, 4.69) is 16.5 Å². The minimum Gasteiger partial charge on any atom is -0.245 e. The van der Waals surface area contributed by atoms with Crippen LogP contribution in [0.4, 0.5) is 4.39 Å². The summed E-state index contributed by atoms with van der Waals surface area (Å²) in [5, 5.41) is 0. The summed E-state index contributed by atoms with van der Waals surface area (Å²) in [5.41, 5.74) is 1.36. The van der Waals surface area contributed by atoms with Crippen LogP contribution in [0.3, 0.4) is 0 Å². The number of allylic oxidation sites excluding steroid dienone is 5. The second-order valence-corrected chi connectivity index (χ2v) is 2.68. The van der Waals surface area contributed by atoms with Gasteiger partial charge in [0.15, 0.2) is 0 Å². The molecule has 0 aromatic carbocycles. The lowest BCUT2D eigenvalue weighted by molar-refractivity contribution is 0.641. The first-order valence-electron chi connectivity index (χ1n) is 4.17. The molecule has 0 saturated carbocycles. The van der Waals surface area contributed by atoms with E-state index in [9.17, 15) is 4.39 Å². The minimum atomic E-state index is -0.267. The molecule has 1 aromatic heterocycles. The fourth-order valence-corrected chi connectivity index (χ4v) is 1.01. The van der Waals surface area contributed by atoms with Crippen molar-refractivity contribution < 1.29 is 4.39 Å². The molecule has 1 aromatic rings. The van der Waals surface area contributed by atoms with Gasteiger partial charge in [0, 0.05) is 11.8 Å². The molecule has 0 fully saturated rings. The van der Waals surface area contributed by atoms with Crippen LogP contribution < -0.4 is 0 Å². The molecular weight excluding hydrogens is 179 g/mol.